The number of carbonyl (C=O) groups excluding carboxylic acids is 1. The molecule has 0 amide bonds. The number of hydrogen-bond donors (Lipinski definition) is 3. The monoisotopic (exact) mass is 296 g/mol. The van der Waals surface area contributed by atoms with Gasteiger partial charge in [0.05, 0.1) is 5.60 Å². The van der Waals surface area contributed by atoms with Gasteiger partial charge >= 0.3 is 11.9 Å². The number of allylic oxidation sites excluding steroid dienone is 1. The predicted octanol–water partition coefficient (Wildman–Crippen LogP) is 0.781. The molecule has 1 aliphatic heterocycles. The molecular weight excluding hydrogens is 276 g/mol. The lowest BCUT2D eigenvalue weighted by Crippen LogP contribution is -2.52. The highest BCUT2D eigenvalue weighted by atomic mass is 16.6. The average molecular weight is 296 g/mol. The van der Waals surface area contributed by atoms with Gasteiger partial charge in [-0.05, 0) is 45.1 Å². The Hall–Kier alpha value is -1.66. The number of carboxylic acid groups (broad SMARTS) is 1. The minimum atomic E-state index is -1.47. The highest BCUT2D eigenvalue weighted by Crippen LogP contribution is 2.36. The Bertz CT molecular complexity index is 516. The molecule has 3 N–H and O–H groups in total. The molecular formula is C15H20O6. The lowest BCUT2D eigenvalue weighted by molar-refractivity contribution is -0.162. The van der Waals surface area contributed by atoms with E-state index in [-0.39, 0.29) is 5.92 Å². The van der Waals surface area contributed by atoms with Crippen molar-refractivity contribution in [3.63, 3.8) is 0 Å². The normalized spacial score (nSPS) is 30.0. The van der Waals surface area contributed by atoms with E-state index in [1.165, 1.54) is 13.0 Å². The molecule has 0 fully saturated rings. The number of rotatable bonds is 4. The standard InChI is InChI=1S/C15H20O6/c1-8-7-11(21-14(8)19)12(16)15(2,20)10-5-3-9(4-6-10)13(17)18/h3,7,10-12,16,20H,4-6H2,1-2H3,(H,17,18)/t10-,11-,12-,15+/m1/s1. The first kappa shape index (κ1) is 15.7. The Morgan fingerprint density at radius 3 is 2.62 bits per heavy atom. The predicted molar refractivity (Wildman–Crippen MR) is 73.3 cm³/mol. The molecule has 6 nitrogen and oxygen atoms in total. The van der Waals surface area contributed by atoms with Crippen LogP contribution in [0.1, 0.15) is 33.1 Å². The molecule has 4 atom stereocenters. The quantitative estimate of drug-likeness (QED) is 0.662. The van der Waals surface area contributed by atoms with E-state index in [0.717, 1.165) is 0 Å². The summed E-state index contributed by atoms with van der Waals surface area (Å²) in [4.78, 5) is 22.2. The molecule has 2 aliphatic rings. The van der Waals surface area contributed by atoms with Gasteiger partial charge in [-0.2, -0.15) is 0 Å². The summed E-state index contributed by atoms with van der Waals surface area (Å²) in [6.45, 7) is 3.09. The Labute approximate surface area is 122 Å². The van der Waals surface area contributed by atoms with Crippen LogP contribution >= 0.6 is 0 Å². The van der Waals surface area contributed by atoms with E-state index in [1.807, 2.05) is 0 Å². The van der Waals surface area contributed by atoms with Crippen molar-refractivity contribution in [1.29, 1.82) is 0 Å². The van der Waals surface area contributed by atoms with Crippen molar-refractivity contribution in [3.8, 4) is 0 Å². The van der Waals surface area contributed by atoms with Crippen molar-refractivity contribution in [2.45, 2.75) is 50.9 Å². The van der Waals surface area contributed by atoms with Crippen LogP contribution in [0.2, 0.25) is 0 Å². The second-order valence-corrected chi connectivity index (χ2v) is 5.90. The Morgan fingerprint density at radius 2 is 2.19 bits per heavy atom. The first-order chi connectivity index (χ1) is 9.73. The molecule has 0 bridgehead atoms. The van der Waals surface area contributed by atoms with E-state index < -0.39 is 29.7 Å². The zero-order valence-corrected chi connectivity index (χ0v) is 12.1. The zero-order valence-electron chi connectivity index (χ0n) is 12.1. The fourth-order valence-corrected chi connectivity index (χ4v) is 2.85. The summed E-state index contributed by atoms with van der Waals surface area (Å²) in [5.41, 5.74) is -0.724. The van der Waals surface area contributed by atoms with Gasteiger partial charge in [0.25, 0.3) is 0 Å². The summed E-state index contributed by atoms with van der Waals surface area (Å²) in [6, 6.07) is 0. The van der Waals surface area contributed by atoms with Crippen LogP contribution in [0.3, 0.4) is 0 Å². The molecule has 0 saturated heterocycles. The van der Waals surface area contributed by atoms with Gasteiger partial charge in [-0.15, -0.1) is 0 Å². The van der Waals surface area contributed by atoms with Gasteiger partial charge in [-0.3, -0.25) is 0 Å². The molecule has 21 heavy (non-hydrogen) atoms. The SMILES string of the molecule is CC1=C[C@H]([C@@H](O)[C@@](C)(O)[C@@H]2CC=C(C(=O)O)CC2)OC1=O. The van der Waals surface area contributed by atoms with E-state index in [0.29, 0.717) is 30.4 Å². The Morgan fingerprint density at radius 1 is 1.52 bits per heavy atom. The molecule has 1 aliphatic carbocycles. The lowest BCUT2D eigenvalue weighted by atomic mass is 9.74. The third-order valence-electron chi connectivity index (χ3n) is 4.40. The van der Waals surface area contributed by atoms with Crippen LogP contribution in [0, 0.1) is 5.92 Å². The number of carbonyl (C=O) groups is 2. The third kappa shape index (κ3) is 3.01. The molecule has 1 heterocycles. The fraction of sp³-hybridized carbons (Fsp3) is 0.600. The first-order valence-corrected chi connectivity index (χ1v) is 6.95. The van der Waals surface area contributed by atoms with Crippen molar-refractivity contribution in [3.05, 3.63) is 23.3 Å². The number of cyclic esters (lactones) is 1. The molecule has 6 heteroatoms. The topological polar surface area (TPSA) is 104 Å². The maximum Gasteiger partial charge on any atom is 0.334 e. The van der Waals surface area contributed by atoms with Gasteiger partial charge in [0, 0.05) is 11.1 Å². The number of carboxylic acids is 1. The number of aliphatic hydroxyl groups excluding tert-OH is 1. The van der Waals surface area contributed by atoms with Crippen LogP contribution in [-0.4, -0.2) is 45.1 Å². The van der Waals surface area contributed by atoms with Crippen molar-refractivity contribution in [2.75, 3.05) is 0 Å². The summed E-state index contributed by atoms with van der Waals surface area (Å²) in [5, 5.41) is 29.9. The molecule has 2 rings (SSSR count). The zero-order chi connectivity index (χ0) is 15.8. The number of aliphatic hydroxyl groups is 2. The van der Waals surface area contributed by atoms with Gasteiger partial charge in [0.1, 0.15) is 12.2 Å². The van der Waals surface area contributed by atoms with E-state index in [1.54, 1.807) is 13.0 Å². The average Bonchev–Trinajstić information content (AvgIpc) is 2.77. The fourth-order valence-electron chi connectivity index (χ4n) is 2.85. The van der Waals surface area contributed by atoms with Crippen molar-refractivity contribution in [2.24, 2.45) is 5.92 Å². The summed E-state index contributed by atoms with van der Waals surface area (Å²) in [6.07, 6.45) is 2.16. The summed E-state index contributed by atoms with van der Waals surface area (Å²) < 4.78 is 5.02. The summed E-state index contributed by atoms with van der Waals surface area (Å²) in [5.74, 6) is -1.73. The first-order valence-electron chi connectivity index (χ1n) is 6.95. The highest BCUT2D eigenvalue weighted by Gasteiger charge is 2.45. The second-order valence-electron chi connectivity index (χ2n) is 5.90. The molecule has 0 aromatic rings. The Kier molecular flexibility index (Phi) is 4.20. The number of ether oxygens (including phenoxy) is 1. The van der Waals surface area contributed by atoms with Gasteiger partial charge in [-0.25, -0.2) is 9.59 Å². The molecule has 0 aromatic heterocycles. The number of aliphatic carboxylic acids is 1. The van der Waals surface area contributed by atoms with Crippen LogP contribution in [0.15, 0.2) is 23.3 Å². The maximum atomic E-state index is 11.4. The van der Waals surface area contributed by atoms with Crippen LogP contribution in [0.5, 0.6) is 0 Å². The van der Waals surface area contributed by atoms with Crippen LogP contribution in [0.4, 0.5) is 0 Å². The molecule has 0 aromatic carbocycles. The lowest BCUT2D eigenvalue weighted by Gasteiger charge is -2.39. The van der Waals surface area contributed by atoms with Crippen LogP contribution < -0.4 is 0 Å². The van der Waals surface area contributed by atoms with Crippen LogP contribution in [-0.2, 0) is 14.3 Å². The van der Waals surface area contributed by atoms with Crippen molar-refractivity contribution >= 4 is 11.9 Å². The van der Waals surface area contributed by atoms with Gasteiger partial charge in [-0.1, -0.05) is 6.08 Å². The molecule has 0 spiro atoms. The van der Waals surface area contributed by atoms with E-state index in [2.05, 4.69) is 0 Å². The second kappa shape index (κ2) is 5.61. The number of hydrogen-bond acceptors (Lipinski definition) is 5. The van der Waals surface area contributed by atoms with Gasteiger partial charge in [0.15, 0.2) is 0 Å². The maximum absolute atomic E-state index is 11.4. The van der Waals surface area contributed by atoms with E-state index in [4.69, 9.17) is 9.84 Å². The highest BCUT2D eigenvalue weighted by molar-refractivity contribution is 5.90. The minimum absolute atomic E-state index is 0.288. The van der Waals surface area contributed by atoms with Gasteiger partial charge < -0.3 is 20.1 Å². The van der Waals surface area contributed by atoms with Gasteiger partial charge in [0.2, 0.25) is 0 Å². The van der Waals surface area contributed by atoms with E-state index >= 15 is 0 Å². The smallest absolute Gasteiger partial charge is 0.334 e. The summed E-state index contributed by atoms with van der Waals surface area (Å²) in [7, 11) is 0. The minimum Gasteiger partial charge on any atom is -0.478 e. The third-order valence-corrected chi connectivity index (χ3v) is 4.40. The Balaban J connectivity index is 2.08. The molecule has 0 radical (unpaired) electrons. The van der Waals surface area contributed by atoms with Crippen molar-refractivity contribution in [1.82, 2.24) is 0 Å². The van der Waals surface area contributed by atoms with Crippen LogP contribution in [0.25, 0.3) is 0 Å². The van der Waals surface area contributed by atoms with E-state index in [9.17, 15) is 19.8 Å². The number of esters is 1. The van der Waals surface area contributed by atoms with Crippen molar-refractivity contribution < 1.29 is 29.6 Å². The molecule has 0 unspecified atom stereocenters. The molecule has 116 valence electrons. The summed E-state index contributed by atoms with van der Waals surface area (Å²) >= 11 is 0. The molecule has 0 saturated carbocycles. The largest absolute Gasteiger partial charge is 0.478 e.